The summed E-state index contributed by atoms with van der Waals surface area (Å²) in [7, 11) is -8.34. The van der Waals surface area contributed by atoms with Crippen LogP contribution >= 0.6 is 24.6 Å². The standard InChI is InChI=1S/C45H51N6O6P3/c1-4-7-34-10-22-42(23-11-34)54-58-49-60(56-44-24-12-35(8-5-2)13-25-44,57-45-26-14-36(9-6-3)15-27-45)51(53-41-30-18-38(47)19-31-41)59(55-43-32-20-39(48)21-33-43)50(58)52-40-28-16-37(46)17-29-40/h10-33H,4-9,46-48H2,1-3H3. The van der Waals surface area contributed by atoms with Gasteiger partial charge in [-0.3, -0.25) is 0 Å². The van der Waals surface area contributed by atoms with E-state index in [9.17, 15) is 0 Å². The highest BCUT2D eigenvalue weighted by Gasteiger charge is 2.58. The van der Waals surface area contributed by atoms with Gasteiger partial charge in [-0.2, -0.15) is 0 Å². The van der Waals surface area contributed by atoms with Crippen LogP contribution in [-0.2, 0) is 19.3 Å². The van der Waals surface area contributed by atoms with E-state index < -0.39 is 24.6 Å². The van der Waals surface area contributed by atoms with Crippen LogP contribution in [0.15, 0.2) is 150 Å². The van der Waals surface area contributed by atoms with Crippen molar-refractivity contribution in [1.29, 1.82) is 0 Å². The van der Waals surface area contributed by atoms with Crippen molar-refractivity contribution in [2.24, 2.45) is 4.52 Å². The highest BCUT2D eigenvalue weighted by molar-refractivity contribution is 7.78. The molecular weight excluding hydrogens is 813 g/mol. The van der Waals surface area contributed by atoms with Gasteiger partial charge in [-0.25, -0.2) is 0 Å². The van der Waals surface area contributed by atoms with Crippen LogP contribution in [-0.4, -0.2) is 9.21 Å². The molecule has 1 heterocycles. The first kappa shape index (κ1) is 42.6. The summed E-state index contributed by atoms with van der Waals surface area (Å²) in [6.45, 7) is 6.46. The molecule has 2 atom stereocenters. The Morgan fingerprint density at radius 1 is 0.450 bits per heavy atom. The Balaban J connectivity index is 1.47. The second kappa shape index (κ2) is 20.2. The monoisotopic (exact) mass is 864 g/mol. The Morgan fingerprint density at radius 3 is 1.22 bits per heavy atom. The number of hydrogen-bond acceptors (Lipinski definition) is 12. The van der Waals surface area contributed by atoms with Gasteiger partial charge in [0.15, 0.2) is 0 Å². The molecule has 0 bridgehead atoms. The molecule has 0 amide bonds. The second-order valence-electron chi connectivity index (χ2n) is 14.0. The number of hydrogen-bond donors (Lipinski definition) is 3. The van der Waals surface area contributed by atoms with E-state index in [0.29, 0.717) is 51.6 Å². The normalized spacial score (nSPS) is 16.3. The fraction of sp³-hybridized carbons (Fsp3) is 0.200. The molecule has 7 rings (SSSR count). The number of rotatable bonds is 18. The van der Waals surface area contributed by atoms with Gasteiger partial charge < -0.3 is 45.0 Å². The first-order valence-electron chi connectivity index (χ1n) is 20.0. The maximum atomic E-state index is 7.14. The van der Waals surface area contributed by atoms with Crippen LogP contribution in [0.25, 0.3) is 0 Å². The quantitative estimate of drug-likeness (QED) is 0.0559. The molecule has 60 heavy (non-hydrogen) atoms. The SMILES string of the molecule is CCCc1ccc(OP2N=P(Oc3ccc(CCC)cc3)(Oc3ccc(CCC)cc3)N(Oc3ccc(N)cc3)P(Oc3ccc(N)cc3)N2Oc2ccc(N)cc2)cc1. The summed E-state index contributed by atoms with van der Waals surface area (Å²) in [6.07, 6.45) is 5.81. The van der Waals surface area contributed by atoms with Gasteiger partial charge in [0.25, 0.3) is 0 Å². The van der Waals surface area contributed by atoms with Crippen molar-refractivity contribution in [1.82, 2.24) is 9.21 Å². The summed E-state index contributed by atoms with van der Waals surface area (Å²) < 4.78 is 36.7. The van der Waals surface area contributed by atoms with E-state index in [1.807, 2.05) is 60.7 Å². The molecule has 6 aromatic rings. The molecule has 0 saturated heterocycles. The van der Waals surface area contributed by atoms with E-state index in [1.54, 1.807) is 82.0 Å². The van der Waals surface area contributed by atoms with Crippen molar-refractivity contribution >= 4 is 41.6 Å². The molecule has 6 aromatic carbocycles. The zero-order valence-electron chi connectivity index (χ0n) is 34.0. The summed E-state index contributed by atoms with van der Waals surface area (Å²) in [5.41, 5.74) is 23.7. The minimum absolute atomic E-state index is 0.423. The Bertz CT molecular complexity index is 2270. The number of nitrogens with two attached hydrogens (primary N) is 3. The molecule has 312 valence electrons. The average molecular weight is 865 g/mol. The lowest BCUT2D eigenvalue weighted by Crippen LogP contribution is -2.37. The molecule has 12 nitrogen and oxygen atoms in total. The van der Waals surface area contributed by atoms with Crippen molar-refractivity contribution < 1.29 is 27.8 Å². The largest absolute Gasteiger partial charge is 0.447 e. The van der Waals surface area contributed by atoms with Gasteiger partial charge in [-0.05, 0) is 145 Å². The van der Waals surface area contributed by atoms with Crippen molar-refractivity contribution in [3.05, 3.63) is 162 Å². The van der Waals surface area contributed by atoms with Crippen LogP contribution in [0.3, 0.4) is 0 Å². The van der Waals surface area contributed by atoms with Gasteiger partial charge in [0.05, 0.1) is 0 Å². The lowest BCUT2D eigenvalue weighted by atomic mass is 10.1. The van der Waals surface area contributed by atoms with Gasteiger partial charge in [0, 0.05) is 26.3 Å². The van der Waals surface area contributed by atoms with Crippen LogP contribution in [0.2, 0.25) is 0 Å². The number of nitrogen functional groups attached to an aromatic ring is 3. The summed E-state index contributed by atoms with van der Waals surface area (Å²) in [4.78, 5) is 13.7. The first-order chi connectivity index (χ1) is 29.2. The molecule has 15 heteroatoms. The predicted octanol–water partition coefficient (Wildman–Crippen LogP) is 12.9. The van der Waals surface area contributed by atoms with E-state index in [2.05, 4.69) is 32.9 Å². The van der Waals surface area contributed by atoms with Gasteiger partial charge in [0.2, 0.25) is 0 Å². The topological polar surface area (TPSA) is 152 Å². The summed E-state index contributed by atoms with van der Waals surface area (Å²) in [6, 6.07) is 45.0. The van der Waals surface area contributed by atoms with Crippen molar-refractivity contribution in [3.8, 4) is 34.5 Å². The van der Waals surface area contributed by atoms with E-state index in [0.717, 1.165) is 38.5 Å². The molecule has 0 fully saturated rings. The molecule has 0 spiro atoms. The third-order valence-corrected chi connectivity index (χ3v) is 15.9. The third kappa shape index (κ3) is 11.0. The van der Waals surface area contributed by atoms with E-state index in [4.69, 9.17) is 49.5 Å². The molecule has 0 radical (unpaired) electrons. The predicted molar refractivity (Wildman–Crippen MR) is 245 cm³/mol. The molecule has 0 saturated carbocycles. The van der Waals surface area contributed by atoms with Crippen molar-refractivity contribution in [2.75, 3.05) is 17.2 Å². The zero-order chi connectivity index (χ0) is 41.9. The molecule has 0 aliphatic carbocycles. The first-order valence-corrected chi connectivity index (χ1v) is 23.9. The maximum absolute atomic E-state index is 7.14. The molecule has 1 aliphatic rings. The number of nitrogens with zero attached hydrogens (tertiary/aromatic N) is 3. The molecule has 0 aromatic heterocycles. The van der Waals surface area contributed by atoms with Crippen LogP contribution in [0.1, 0.15) is 56.7 Å². The minimum Gasteiger partial charge on any atom is -0.440 e. The Kier molecular flexibility index (Phi) is 14.4. The molecule has 1 aliphatic heterocycles. The van der Waals surface area contributed by atoms with E-state index in [-0.39, 0.29) is 0 Å². The van der Waals surface area contributed by atoms with Crippen LogP contribution in [0.5, 0.6) is 34.5 Å². The minimum atomic E-state index is -3.90. The van der Waals surface area contributed by atoms with E-state index >= 15 is 0 Å². The Morgan fingerprint density at radius 2 is 0.800 bits per heavy atom. The third-order valence-electron chi connectivity index (χ3n) is 9.07. The van der Waals surface area contributed by atoms with Gasteiger partial charge in [0.1, 0.15) is 34.5 Å². The maximum Gasteiger partial charge on any atom is 0.447 e. The van der Waals surface area contributed by atoms with Gasteiger partial charge >= 0.3 is 24.6 Å². The van der Waals surface area contributed by atoms with Crippen LogP contribution in [0, 0.1) is 0 Å². The van der Waals surface area contributed by atoms with Crippen molar-refractivity contribution in [3.63, 3.8) is 0 Å². The summed E-state index contributed by atoms with van der Waals surface area (Å²) >= 11 is 0. The lowest BCUT2D eigenvalue weighted by molar-refractivity contribution is 0.0546. The molecule has 2 unspecified atom stereocenters. The zero-order valence-corrected chi connectivity index (χ0v) is 36.6. The second-order valence-corrected chi connectivity index (χ2v) is 19.5. The van der Waals surface area contributed by atoms with Crippen LogP contribution < -0.4 is 45.0 Å². The highest BCUT2D eigenvalue weighted by atomic mass is 31.3. The summed E-state index contributed by atoms with van der Waals surface area (Å²) in [5.74, 6) is 2.94. The fourth-order valence-corrected chi connectivity index (χ4v) is 13.5. The van der Waals surface area contributed by atoms with Gasteiger partial charge in [-0.15, -0.1) is 4.52 Å². The molecular formula is C45H51N6O6P3. The lowest BCUT2D eigenvalue weighted by Gasteiger charge is -2.43. The Hall–Kier alpha value is -5.47. The number of benzene rings is 6. The fourth-order valence-electron chi connectivity index (χ4n) is 6.05. The molecule has 6 N–H and O–H groups in total. The Labute approximate surface area is 355 Å². The van der Waals surface area contributed by atoms with Crippen molar-refractivity contribution in [2.45, 2.75) is 59.3 Å². The van der Waals surface area contributed by atoms with E-state index in [1.165, 1.54) is 16.7 Å². The highest BCUT2D eigenvalue weighted by Crippen LogP contribution is 2.77. The average Bonchev–Trinajstić information content (AvgIpc) is 3.25. The number of aryl methyl sites for hydroxylation is 3. The summed E-state index contributed by atoms with van der Waals surface area (Å²) in [5, 5.41) is 0. The van der Waals surface area contributed by atoms with Gasteiger partial charge in [-0.1, -0.05) is 76.4 Å². The van der Waals surface area contributed by atoms with Crippen LogP contribution in [0.4, 0.5) is 17.1 Å². The smallest absolute Gasteiger partial charge is 0.440 e. The number of anilines is 3.